The van der Waals surface area contributed by atoms with Gasteiger partial charge in [-0.15, -0.1) is 0 Å². The van der Waals surface area contributed by atoms with Crippen molar-refractivity contribution in [3.05, 3.63) is 78.0 Å². The van der Waals surface area contributed by atoms with Crippen LogP contribution >= 0.6 is 0 Å². The van der Waals surface area contributed by atoms with E-state index in [1.807, 2.05) is 24.4 Å². The molecule has 4 aromatic rings. The Morgan fingerprint density at radius 1 is 0.964 bits per heavy atom. The van der Waals surface area contributed by atoms with E-state index in [0.717, 1.165) is 27.2 Å². The lowest BCUT2D eigenvalue weighted by molar-refractivity contribution is -0.114. The lowest BCUT2D eigenvalue weighted by atomic mass is 10.1. The molecule has 28 heavy (non-hydrogen) atoms. The summed E-state index contributed by atoms with van der Waals surface area (Å²) >= 11 is 0. The van der Waals surface area contributed by atoms with E-state index in [1.165, 1.54) is 6.92 Å². The molecule has 3 N–H and O–H groups in total. The third-order valence-corrected chi connectivity index (χ3v) is 4.45. The summed E-state index contributed by atoms with van der Waals surface area (Å²) in [6.45, 7) is 1.43. The predicted molar refractivity (Wildman–Crippen MR) is 112 cm³/mol. The van der Waals surface area contributed by atoms with Crippen molar-refractivity contribution in [2.24, 2.45) is 5.10 Å². The Kier molecular flexibility index (Phi) is 4.60. The summed E-state index contributed by atoms with van der Waals surface area (Å²) in [5.74, 6) is -0.482. The largest absolute Gasteiger partial charge is 0.360 e. The maximum atomic E-state index is 12.2. The summed E-state index contributed by atoms with van der Waals surface area (Å²) in [4.78, 5) is 26.5. The van der Waals surface area contributed by atoms with Crippen molar-refractivity contribution in [2.75, 3.05) is 5.32 Å². The maximum absolute atomic E-state index is 12.2. The van der Waals surface area contributed by atoms with Crippen LogP contribution in [0.4, 0.5) is 5.69 Å². The number of aromatic nitrogens is 1. The topological polar surface area (TPSA) is 86.3 Å². The summed E-state index contributed by atoms with van der Waals surface area (Å²) in [5, 5.41) is 10.1. The van der Waals surface area contributed by atoms with Crippen molar-refractivity contribution >= 4 is 45.4 Å². The number of nitrogens with one attached hydrogen (secondary N) is 3. The molecule has 0 aliphatic rings. The number of nitrogens with zero attached hydrogens (tertiary/aromatic N) is 1. The van der Waals surface area contributed by atoms with Crippen molar-refractivity contribution < 1.29 is 9.59 Å². The molecule has 0 saturated carbocycles. The second kappa shape index (κ2) is 7.36. The zero-order chi connectivity index (χ0) is 19.5. The summed E-state index contributed by atoms with van der Waals surface area (Å²) in [6.07, 6.45) is 3.49. The molecule has 0 bridgehead atoms. The van der Waals surface area contributed by atoms with Crippen LogP contribution < -0.4 is 10.7 Å². The van der Waals surface area contributed by atoms with Crippen LogP contribution in [0.5, 0.6) is 0 Å². The fourth-order valence-electron chi connectivity index (χ4n) is 3.14. The number of carbonyl (C=O) groups excluding carboxylic acids is 2. The number of H-pyrrole nitrogens is 1. The highest BCUT2D eigenvalue weighted by molar-refractivity contribution is 6.11. The van der Waals surface area contributed by atoms with Gasteiger partial charge in [0.25, 0.3) is 5.91 Å². The third-order valence-electron chi connectivity index (χ3n) is 4.45. The van der Waals surface area contributed by atoms with Gasteiger partial charge in [0.2, 0.25) is 5.91 Å². The number of rotatable bonds is 4. The highest BCUT2D eigenvalue weighted by Gasteiger charge is 2.07. The van der Waals surface area contributed by atoms with Gasteiger partial charge >= 0.3 is 0 Å². The zero-order valence-corrected chi connectivity index (χ0v) is 15.2. The second-order valence-corrected chi connectivity index (χ2v) is 6.41. The van der Waals surface area contributed by atoms with Gasteiger partial charge in [-0.05, 0) is 29.7 Å². The Balaban J connectivity index is 1.49. The molecule has 1 aromatic heterocycles. The summed E-state index contributed by atoms with van der Waals surface area (Å²) in [6, 6.07) is 18.9. The number of anilines is 1. The molecule has 2 amide bonds. The van der Waals surface area contributed by atoms with Gasteiger partial charge in [-0.2, -0.15) is 5.10 Å². The fourth-order valence-corrected chi connectivity index (χ4v) is 3.14. The number of hydrogen-bond donors (Lipinski definition) is 3. The van der Waals surface area contributed by atoms with Crippen molar-refractivity contribution in [1.82, 2.24) is 10.4 Å². The van der Waals surface area contributed by atoms with Crippen LogP contribution in [0.15, 0.2) is 72.0 Å². The van der Waals surface area contributed by atoms with E-state index in [9.17, 15) is 9.59 Å². The molecule has 0 aliphatic carbocycles. The number of fused-ring (bicyclic) bond motifs is 3. The smallest absolute Gasteiger partial charge is 0.271 e. The molecule has 1 heterocycles. The van der Waals surface area contributed by atoms with Crippen LogP contribution in [0.3, 0.4) is 0 Å². The Morgan fingerprint density at radius 3 is 2.54 bits per heavy atom. The Hall–Kier alpha value is -3.93. The summed E-state index contributed by atoms with van der Waals surface area (Å²) in [7, 11) is 0. The Morgan fingerprint density at radius 2 is 1.75 bits per heavy atom. The highest BCUT2D eigenvalue weighted by Crippen LogP contribution is 2.26. The van der Waals surface area contributed by atoms with Gasteiger partial charge in [-0.25, -0.2) is 5.43 Å². The molecular weight excluding hydrogens is 352 g/mol. The van der Waals surface area contributed by atoms with Crippen molar-refractivity contribution in [3.63, 3.8) is 0 Å². The number of aromatic amines is 1. The first kappa shape index (κ1) is 17.5. The highest BCUT2D eigenvalue weighted by atomic mass is 16.2. The Labute approximate surface area is 161 Å². The van der Waals surface area contributed by atoms with Crippen LogP contribution in [0, 0.1) is 0 Å². The average Bonchev–Trinajstić information content (AvgIpc) is 3.11. The van der Waals surface area contributed by atoms with Crippen molar-refractivity contribution in [2.45, 2.75) is 6.92 Å². The number of hydrazone groups is 1. The molecule has 4 rings (SSSR count). The second-order valence-electron chi connectivity index (χ2n) is 6.41. The van der Waals surface area contributed by atoms with Crippen molar-refractivity contribution in [3.8, 4) is 0 Å². The first-order valence-electron chi connectivity index (χ1n) is 8.82. The maximum Gasteiger partial charge on any atom is 0.271 e. The van der Waals surface area contributed by atoms with E-state index in [2.05, 4.69) is 39.0 Å². The van der Waals surface area contributed by atoms with Crippen LogP contribution in [0.2, 0.25) is 0 Å². The lowest BCUT2D eigenvalue weighted by Crippen LogP contribution is -2.17. The van der Waals surface area contributed by atoms with E-state index in [4.69, 9.17) is 0 Å². The van der Waals surface area contributed by atoms with E-state index >= 15 is 0 Å². The van der Waals surface area contributed by atoms with Gasteiger partial charge in [0.15, 0.2) is 0 Å². The van der Waals surface area contributed by atoms with Gasteiger partial charge in [0, 0.05) is 40.7 Å². The number of amides is 2. The molecule has 0 radical (unpaired) electrons. The third kappa shape index (κ3) is 3.48. The van der Waals surface area contributed by atoms with Crippen LogP contribution in [-0.4, -0.2) is 23.0 Å². The first-order valence-corrected chi connectivity index (χ1v) is 8.82. The molecule has 0 aliphatic heterocycles. The van der Waals surface area contributed by atoms with E-state index < -0.39 is 0 Å². The molecule has 138 valence electrons. The average molecular weight is 370 g/mol. The quantitative estimate of drug-likeness (QED) is 0.374. The number of benzene rings is 3. The number of hydrogen-bond acceptors (Lipinski definition) is 3. The standard InChI is InChI=1S/C22H18N4O2/c1-14(27)25-18-9-6-16(7-10-18)22(28)26-24-13-17-12-23-21-19-5-3-2-4-15(19)8-11-20(17)21/h2-13,23H,1H3,(H,25,27)(H,26,28). The fraction of sp³-hybridized carbons (Fsp3) is 0.0455. The summed E-state index contributed by atoms with van der Waals surface area (Å²) < 4.78 is 0. The first-order chi connectivity index (χ1) is 13.6. The molecule has 0 saturated heterocycles. The van der Waals surface area contributed by atoms with Gasteiger partial charge in [0.05, 0.1) is 11.7 Å². The van der Waals surface area contributed by atoms with E-state index in [1.54, 1.807) is 30.5 Å². The van der Waals surface area contributed by atoms with E-state index in [0.29, 0.717) is 11.3 Å². The SMILES string of the molecule is CC(=O)Nc1ccc(C(=O)NN=Cc2c[nH]c3c2ccc2ccccc23)cc1. The minimum atomic E-state index is -0.323. The molecule has 0 spiro atoms. The van der Waals surface area contributed by atoms with E-state index in [-0.39, 0.29) is 11.8 Å². The minimum absolute atomic E-state index is 0.159. The molecule has 0 fully saturated rings. The molecular formula is C22H18N4O2. The van der Waals surface area contributed by atoms with Crippen LogP contribution in [0.25, 0.3) is 21.7 Å². The van der Waals surface area contributed by atoms with Gasteiger partial charge in [-0.1, -0.05) is 36.4 Å². The predicted octanol–water partition coefficient (Wildman–Crippen LogP) is 4.04. The lowest BCUT2D eigenvalue weighted by Gasteiger charge is -2.03. The normalized spacial score (nSPS) is 11.2. The van der Waals surface area contributed by atoms with Gasteiger partial charge in [-0.3, -0.25) is 9.59 Å². The van der Waals surface area contributed by atoms with Gasteiger partial charge in [0.1, 0.15) is 0 Å². The van der Waals surface area contributed by atoms with Crippen LogP contribution in [0.1, 0.15) is 22.8 Å². The number of carbonyl (C=O) groups is 2. The monoisotopic (exact) mass is 370 g/mol. The minimum Gasteiger partial charge on any atom is -0.360 e. The zero-order valence-electron chi connectivity index (χ0n) is 15.2. The molecule has 6 heteroatoms. The molecule has 0 unspecified atom stereocenters. The van der Waals surface area contributed by atoms with Crippen molar-refractivity contribution in [1.29, 1.82) is 0 Å². The van der Waals surface area contributed by atoms with Crippen LogP contribution in [-0.2, 0) is 4.79 Å². The Bertz CT molecular complexity index is 1210. The van der Waals surface area contributed by atoms with Gasteiger partial charge < -0.3 is 10.3 Å². The molecule has 0 atom stereocenters. The molecule has 6 nitrogen and oxygen atoms in total. The summed E-state index contributed by atoms with van der Waals surface area (Å²) in [5.41, 5.74) is 5.55. The molecule has 3 aromatic carbocycles.